The third kappa shape index (κ3) is 3.78. The third-order valence-corrected chi connectivity index (χ3v) is 3.12. The van der Waals surface area contributed by atoms with Gasteiger partial charge >= 0.3 is 0 Å². The van der Waals surface area contributed by atoms with E-state index in [1.807, 2.05) is 19.9 Å². The van der Waals surface area contributed by atoms with Crippen LogP contribution < -0.4 is 25.3 Å². The average Bonchev–Trinajstić information content (AvgIpc) is 2.85. The second kappa shape index (κ2) is 6.67. The summed E-state index contributed by atoms with van der Waals surface area (Å²) in [6.45, 7) is 6.27. The summed E-state index contributed by atoms with van der Waals surface area (Å²) in [5.41, 5.74) is 6.78. The first kappa shape index (κ1) is 15.4. The first-order valence-corrected chi connectivity index (χ1v) is 7.13. The van der Waals surface area contributed by atoms with Gasteiger partial charge in [-0.3, -0.25) is 4.79 Å². The summed E-state index contributed by atoms with van der Waals surface area (Å²) in [6.07, 6.45) is 0.0471. The fourth-order valence-electron chi connectivity index (χ4n) is 2.14. The van der Waals surface area contributed by atoms with Gasteiger partial charge in [0.1, 0.15) is 5.75 Å². The number of fused-ring (bicyclic) bond motifs is 1. The van der Waals surface area contributed by atoms with Crippen LogP contribution in [0.4, 0.5) is 0 Å². The first-order chi connectivity index (χ1) is 10.0. The van der Waals surface area contributed by atoms with Crippen molar-refractivity contribution >= 4 is 5.91 Å². The molecular weight excluding hydrogens is 272 g/mol. The van der Waals surface area contributed by atoms with Gasteiger partial charge in [0.05, 0.1) is 0 Å². The van der Waals surface area contributed by atoms with Crippen molar-refractivity contribution < 1.29 is 19.0 Å². The molecule has 0 saturated heterocycles. The molecule has 0 radical (unpaired) electrons. The molecule has 116 valence electrons. The minimum atomic E-state index is -0.586. The Morgan fingerprint density at radius 1 is 1.38 bits per heavy atom. The van der Waals surface area contributed by atoms with Gasteiger partial charge in [0.15, 0.2) is 17.6 Å². The number of ether oxygens (including phenoxy) is 3. The van der Waals surface area contributed by atoms with Gasteiger partial charge < -0.3 is 25.3 Å². The van der Waals surface area contributed by atoms with Gasteiger partial charge in [0, 0.05) is 18.7 Å². The minimum absolute atomic E-state index is 0.0208. The second-order valence-corrected chi connectivity index (χ2v) is 5.15. The van der Waals surface area contributed by atoms with Gasteiger partial charge in [-0.05, 0) is 38.8 Å². The Hall–Kier alpha value is -1.95. The first-order valence-electron chi connectivity index (χ1n) is 7.13. The van der Waals surface area contributed by atoms with Crippen molar-refractivity contribution in [3.63, 3.8) is 0 Å². The monoisotopic (exact) mass is 294 g/mol. The van der Waals surface area contributed by atoms with Crippen molar-refractivity contribution in [2.75, 3.05) is 13.3 Å². The number of hydrogen-bond donors (Lipinski definition) is 2. The Kier molecular flexibility index (Phi) is 4.90. The van der Waals surface area contributed by atoms with Crippen LogP contribution in [0.3, 0.4) is 0 Å². The number of carbonyl (C=O) groups is 1. The van der Waals surface area contributed by atoms with Gasteiger partial charge in [-0.2, -0.15) is 0 Å². The second-order valence-electron chi connectivity index (χ2n) is 5.15. The van der Waals surface area contributed by atoms with E-state index in [4.69, 9.17) is 19.9 Å². The lowest BCUT2D eigenvalue weighted by molar-refractivity contribution is -0.127. The normalized spacial score (nSPS) is 15.4. The van der Waals surface area contributed by atoms with Gasteiger partial charge in [0.25, 0.3) is 5.91 Å². The highest BCUT2D eigenvalue weighted by atomic mass is 16.7. The summed E-state index contributed by atoms with van der Waals surface area (Å²) in [6, 6.07) is 3.61. The van der Waals surface area contributed by atoms with E-state index >= 15 is 0 Å². The fourth-order valence-corrected chi connectivity index (χ4v) is 2.14. The topological polar surface area (TPSA) is 82.8 Å². The lowest BCUT2D eigenvalue weighted by atomic mass is 10.1. The Balaban J connectivity index is 2.22. The molecule has 2 rings (SSSR count). The van der Waals surface area contributed by atoms with E-state index in [-0.39, 0.29) is 18.7 Å². The molecular formula is C15H22N2O4. The van der Waals surface area contributed by atoms with Crippen LogP contribution >= 0.6 is 0 Å². The zero-order valence-corrected chi connectivity index (χ0v) is 12.6. The maximum absolute atomic E-state index is 11.8. The minimum Gasteiger partial charge on any atom is -0.480 e. The molecule has 1 heterocycles. The van der Waals surface area contributed by atoms with E-state index in [1.54, 1.807) is 13.0 Å². The highest BCUT2D eigenvalue weighted by Crippen LogP contribution is 2.38. The molecule has 1 aliphatic heterocycles. The summed E-state index contributed by atoms with van der Waals surface area (Å²) in [5.74, 6) is 1.77. The van der Waals surface area contributed by atoms with Gasteiger partial charge in [-0.1, -0.05) is 0 Å². The molecule has 1 amide bonds. The molecule has 0 spiro atoms. The maximum atomic E-state index is 11.8. The summed E-state index contributed by atoms with van der Waals surface area (Å²) in [5, 5.41) is 2.73. The number of amides is 1. The van der Waals surface area contributed by atoms with E-state index in [1.165, 1.54) is 0 Å². The highest BCUT2D eigenvalue weighted by molar-refractivity contribution is 5.80. The molecule has 21 heavy (non-hydrogen) atoms. The van der Waals surface area contributed by atoms with Crippen LogP contribution in [0.5, 0.6) is 17.2 Å². The summed E-state index contributed by atoms with van der Waals surface area (Å²) in [7, 11) is 0. The number of hydrogen-bond acceptors (Lipinski definition) is 5. The molecule has 3 N–H and O–H groups in total. The molecule has 2 atom stereocenters. The maximum Gasteiger partial charge on any atom is 0.260 e. The van der Waals surface area contributed by atoms with Crippen LogP contribution in [0, 0.1) is 0 Å². The van der Waals surface area contributed by atoms with Crippen LogP contribution in [0.1, 0.15) is 26.3 Å². The largest absolute Gasteiger partial charge is 0.480 e. The zero-order valence-electron chi connectivity index (χ0n) is 12.6. The number of nitrogens with one attached hydrogen (secondary N) is 1. The van der Waals surface area contributed by atoms with Crippen molar-refractivity contribution in [2.24, 2.45) is 5.73 Å². The number of likely N-dealkylation sites (N-methyl/N-ethyl adjacent to an activating group) is 1. The quantitative estimate of drug-likeness (QED) is 0.824. The average molecular weight is 294 g/mol. The van der Waals surface area contributed by atoms with Crippen LogP contribution in [0.2, 0.25) is 0 Å². The number of rotatable bonds is 6. The molecule has 0 aliphatic carbocycles. The molecule has 0 saturated carbocycles. The van der Waals surface area contributed by atoms with E-state index in [0.29, 0.717) is 30.2 Å². The van der Waals surface area contributed by atoms with Crippen molar-refractivity contribution in [3.8, 4) is 17.2 Å². The Bertz CT molecular complexity index is 517. The zero-order chi connectivity index (χ0) is 15.4. The molecule has 1 aromatic carbocycles. The van der Waals surface area contributed by atoms with Gasteiger partial charge in [-0.25, -0.2) is 0 Å². The van der Waals surface area contributed by atoms with E-state index in [9.17, 15) is 4.79 Å². The fraction of sp³-hybridized carbons (Fsp3) is 0.533. The highest BCUT2D eigenvalue weighted by Gasteiger charge is 2.21. The molecule has 0 fully saturated rings. The summed E-state index contributed by atoms with van der Waals surface area (Å²) < 4.78 is 16.5. The third-order valence-electron chi connectivity index (χ3n) is 3.12. The van der Waals surface area contributed by atoms with Gasteiger partial charge in [-0.15, -0.1) is 0 Å². The smallest absolute Gasteiger partial charge is 0.260 e. The van der Waals surface area contributed by atoms with Crippen LogP contribution in [-0.4, -0.2) is 31.4 Å². The van der Waals surface area contributed by atoms with Crippen LogP contribution in [0.15, 0.2) is 12.1 Å². The van der Waals surface area contributed by atoms with Crippen LogP contribution in [0.25, 0.3) is 0 Å². The number of carbonyl (C=O) groups excluding carboxylic acids is 1. The van der Waals surface area contributed by atoms with Gasteiger partial charge in [0.2, 0.25) is 6.79 Å². The van der Waals surface area contributed by atoms with E-state index in [0.717, 1.165) is 5.56 Å². The standard InChI is InChI=1S/C15H22N2O4/c1-4-17-15(18)10(3)21-12-7-14-13(19-8-20-14)6-11(12)5-9(2)16/h6-7,9-10H,4-5,8,16H2,1-3H3,(H,17,18). The molecule has 0 aromatic heterocycles. The Morgan fingerprint density at radius 2 is 2.05 bits per heavy atom. The Labute approximate surface area is 124 Å². The van der Waals surface area contributed by atoms with Crippen molar-refractivity contribution in [3.05, 3.63) is 17.7 Å². The van der Waals surface area contributed by atoms with Crippen molar-refractivity contribution in [1.29, 1.82) is 0 Å². The lowest BCUT2D eigenvalue weighted by Gasteiger charge is -2.18. The molecule has 6 nitrogen and oxygen atoms in total. The molecule has 2 unspecified atom stereocenters. The van der Waals surface area contributed by atoms with Crippen molar-refractivity contribution in [2.45, 2.75) is 39.3 Å². The molecule has 0 bridgehead atoms. The van der Waals surface area contributed by atoms with E-state index in [2.05, 4.69) is 5.32 Å². The van der Waals surface area contributed by atoms with Crippen LogP contribution in [-0.2, 0) is 11.2 Å². The summed E-state index contributed by atoms with van der Waals surface area (Å²) in [4.78, 5) is 11.8. The van der Waals surface area contributed by atoms with Crippen molar-refractivity contribution in [1.82, 2.24) is 5.32 Å². The molecule has 1 aromatic rings. The lowest BCUT2D eigenvalue weighted by Crippen LogP contribution is -2.36. The predicted octanol–water partition coefficient (Wildman–Crippen LogP) is 1.21. The van der Waals surface area contributed by atoms with E-state index < -0.39 is 6.10 Å². The number of nitrogens with two attached hydrogens (primary N) is 1. The summed E-state index contributed by atoms with van der Waals surface area (Å²) >= 11 is 0. The SMILES string of the molecule is CCNC(=O)C(C)Oc1cc2c(cc1CC(C)N)OCO2. The molecule has 6 heteroatoms. The predicted molar refractivity (Wildman–Crippen MR) is 78.7 cm³/mol. The number of benzene rings is 1. The molecule has 1 aliphatic rings. The Morgan fingerprint density at radius 3 is 2.67 bits per heavy atom.